The summed E-state index contributed by atoms with van der Waals surface area (Å²) in [6, 6.07) is 19.1. The normalized spacial score (nSPS) is 10.4. The molecule has 26 heavy (non-hydrogen) atoms. The molecule has 0 atom stereocenters. The first-order valence-corrected chi connectivity index (χ1v) is 10.4. The van der Waals surface area contributed by atoms with E-state index in [0.717, 1.165) is 21.6 Å². The maximum absolute atomic E-state index is 9.93. The molecule has 0 radical (unpaired) electrons. The van der Waals surface area contributed by atoms with Crippen LogP contribution < -0.4 is 5.73 Å². The zero-order chi connectivity index (χ0) is 19.1. The summed E-state index contributed by atoms with van der Waals surface area (Å²) in [6.45, 7) is 0. The summed E-state index contributed by atoms with van der Waals surface area (Å²) in [5, 5.41) is 19.4. The van der Waals surface area contributed by atoms with Crippen LogP contribution in [0.3, 0.4) is 0 Å². The zero-order valence-electron chi connectivity index (χ0n) is 14.2. The van der Waals surface area contributed by atoms with Crippen molar-refractivity contribution in [1.82, 2.24) is 0 Å². The number of phenolic OH excluding ortho intramolecular Hbond substituents is 2. The highest BCUT2D eigenvalue weighted by Crippen LogP contribution is 2.34. The van der Waals surface area contributed by atoms with Gasteiger partial charge in [-0.25, -0.2) is 0 Å². The number of halogens is 1. The van der Waals surface area contributed by atoms with E-state index in [1.54, 1.807) is 12.1 Å². The van der Waals surface area contributed by atoms with Gasteiger partial charge in [0.15, 0.2) is 0 Å². The van der Waals surface area contributed by atoms with Crippen molar-refractivity contribution in [3.05, 3.63) is 71.8 Å². The maximum Gasteiger partial charge on any atom is 0.149 e. The second kappa shape index (κ2) is 9.54. The summed E-state index contributed by atoms with van der Waals surface area (Å²) in [7, 11) is 0. The van der Waals surface area contributed by atoms with Gasteiger partial charge in [-0.05, 0) is 45.9 Å². The molecule has 4 N–H and O–H groups in total. The molecule has 3 nitrogen and oxygen atoms in total. The first-order valence-electron chi connectivity index (χ1n) is 7.80. The molecule has 5 heteroatoms. The van der Waals surface area contributed by atoms with Gasteiger partial charge in [-0.3, -0.25) is 0 Å². The smallest absolute Gasteiger partial charge is 0.149 e. The Morgan fingerprint density at radius 1 is 0.808 bits per heavy atom. The third kappa shape index (κ3) is 4.95. The van der Waals surface area contributed by atoms with Crippen molar-refractivity contribution in [2.45, 2.75) is 4.90 Å². The van der Waals surface area contributed by atoms with Crippen molar-refractivity contribution in [1.29, 1.82) is 0 Å². The lowest BCUT2D eigenvalue weighted by atomic mass is 10.0. The van der Waals surface area contributed by atoms with Crippen LogP contribution in [0.2, 0.25) is 0 Å². The Balaban J connectivity index is 0.00000117. The van der Waals surface area contributed by atoms with Gasteiger partial charge in [0.25, 0.3) is 0 Å². The molecule has 0 aliphatic heterocycles. The van der Waals surface area contributed by atoms with Crippen molar-refractivity contribution in [3.63, 3.8) is 0 Å². The highest BCUT2D eigenvalue weighted by molar-refractivity contribution is 14.1. The molecule has 0 amide bonds. The molecule has 0 bridgehead atoms. The van der Waals surface area contributed by atoms with Crippen LogP contribution in [0.5, 0.6) is 11.5 Å². The molecular weight excluding hydrogens is 457 g/mol. The van der Waals surface area contributed by atoms with Crippen LogP contribution in [0.25, 0.3) is 23.3 Å². The predicted octanol–water partition coefficient (Wildman–Crippen LogP) is 5.86. The summed E-state index contributed by atoms with van der Waals surface area (Å²) in [4.78, 5) is 2.91. The third-order valence-electron chi connectivity index (χ3n) is 3.79. The van der Waals surface area contributed by atoms with E-state index >= 15 is 0 Å². The van der Waals surface area contributed by atoms with Gasteiger partial charge in [-0.1, -0.05) is 71.1 Å². The number of rotatable bonds is 3. The van der Waals surface area contributed by atoms with Gasteiger partial charge < -0.3 is 15.9 Å². The molecule has 0 fully saturated rings. The van der Waals surface area contributed by atoms with Gasteiger partial charge in [0.05, 0.1) is 0 Å². The monoisotopic (exact) mass is 477 g/mol. The molecule has 0 aliphatic rings. The summed E-state index contributed by atoms with van der Waals surface area (Å²) in [6.07, 6.45) is 3.64. The van der Waals surface area contributed by atoms with Crippen LogP contribution in [-0.2, 0) is 0 Å². The number of phenols is 2. The second-order valence-electron chi connectivity index (χ2n) is 5.44. The Morgan fingerprint density at radius 3 is 1.92 bits per heavy atom. The number of hydrogen-bond donors (Lipinski definition) is 4. The quantitative estimate of drug-likeness (QED) is 0.0955. The largest absolute Gasteiger partial charge is 0.506 e. The Hall–Kier alpha value is -2.12. The van der Waals surface area contributed by atoms with Gasteiger partial charge in [0.2, 0.25) is 0 Å². The standard InChI is InChI=1S/C20H17NO2S.CH3I/c21-19-18(22)12-9-16(20(19)23)6-3-13-1-4-14(5-2-13)15-7-10-17(24)11-8-15;1-2/h1-12,22-24H,21H2;1H3/b6-3+;. The molecule has 0 aromatic heterocycles. The number of nitrogen functional groups attached to an aromatic ring is 1. The summed E-state index contributed by atoms with van der Waals surface area (Å²) in [5.74, 6) is -0.240. The maximum atomic E-state index is 9.93. The fourth-order valence-electron chi connectivity index (χ4n) is 2.38. The van der Waals surface area contributed by atoms with Gasteiger partial charge in [-0.2, -0.15) is 0 Å². The van der Waals surface area contributed by atoms with E-state index in [9.17, 15) is 10.2 Å². The van der Waals surface area contributed by atoms with Crippen LogP contribution in [0.4, 0.5) is 5.69 Å². The first-order chi connectivity index (χ1) is 12.5. The summed E-state index contributed by atoms with van der Waals surface area (Å²) < 4.78 is 0. The molecule has 3 aromatic carbocycles. The van der Waals surface area contributed by atoms with Crippen LogP contribution in [0, 0.1) is 0 Å². The number of aromatic hydroxyl groups is 2. The van der Waals surface area contributed by atoms with Crippen molar-refractivity contribution in [2.24, 2.45) is 0 Å². The fraction of sp³-hybridized carbons (Fsp3) is 0.0476. The number of benzene rings is 3. The molecule has 3 rings (SSSR count). The molecule has 134 valence electrons. The summed E-state index contributed by atoms with van der Waals surface area (Å²) in [5.41, 5.74) is 9.40. The molecule has 0 saturated carbocycles. The molecular formula is C21H20INO2S. The molecule has 0 spiro atoms. The number of hydrogen-bond acceptors (Lipinski definition) is 4. The molecule has 0 saturated heterocycles. The van der Waals surface area contributed by atoms with Crippen LogP contribution in [-0.4, -0.2) is 15.1 Å². The van der Waals surface area contributed by atoms with E-state index in [2.05, 4.69) is 35.2 Å². The fourth-order valence-corrected chi connectivity index (χ4v) is 2.52. The Kier molecular flexibility index (Phi) is 7.41. The lowest BCUT2D eigenvalue weighted by molar-refractivity contribution is 0.454. The van der Waals surface area contributed by atoms with E-state index in [4.69, 9.17) is 5.73 Å². The highest BCUT2D eigenvalue weighted by atomic mass is 127. The van der Waals surface area contributed by atoms with Crippen molar-refractivity contribution in [3.8, 4) is 22.6 Å². The molecule has 0 unspecified atom stereocenters. The second-order valence-corrected chi connectivity index (χ2v) is 5.95. The van der Waals surface area contributed by atoms with Crippen molar-refractivity contribution in [2.75, 3.05) is 10.7 Å². The van der Waals surface area contributed by atoms with Crippen LogP contribution >= 0.6 is 35.2 Å². The average molecular weight is 477 g/mol. The van der Waals surface area contributed by atoms with Gasteiger partial charge in [-0.15, -0.1) is 12.6 Å². The number of alkyl halides is 1. The third-order valence-corrected chi connectivity index (χ3v) is 4.09. The predicted molar refractivity (Wildman–Crippen MR) is 122 cm³/mol. The minimum absolute atomic E-state index is 0.0138. The Bertz CT molecular complexity index is 891. The van der Waals surface area contributed by atoms with Crippen LogP contribution in [0.15, 0.2) is 65.6 Å². The average Bonchev–Trinajstić information content (AvgIpc) is 2.68. The van der Waals surface area contributed by atoms with Crippen molar-refractivity contribution >= 4 is 53.1 Å². The van der Waals surface area contributed by atoms with E-state index in [-0.39, 0.29) is 17.2 Å². The van der Waals surface area contributed by atoms with Gasteiger partial charge in [0, 0.05) is 10.5 Å². The minimum atomic E-state index is -0.124. The van der Waals surface area contributed by atoms with E-state index < -0.39 is 0 Å². The van der Waals surface area contributed by atoms with Gasteiger partial charge >= 0.3 is 0 Å². The highest BCUT2D eigenvalue weighted by Gasteiger charge is 2.06. The SMILES string of the molecule is CI.Nc1c(O)ccc(/C=C/c2ccc(-c3ccc(S)cc3)cc2)c1O. The number of nitrogens with two attached hydrogens (primary N) is 1. The summed E-state index contributed by atoms with van der Waals surface area (Å²) >= 11 is 6.44. The minimum Gasteiger partial charge on any atom is -0.506 e. The molecule has 0 heterocycles. The lowest BCUT2D eigenvalue weighted by Crippen LogP contribution is -1.88. The topological polar surface area (TPSA) is 66.5 Å². The Labute approximate surface area is 172 Å². The van der Waals surface area contributed by atoms with E-state index in [0.29, 0.717) is 5.56 Å². The van der Waals surface area contributed by atoms with Crippen LogP contribution in [0.1, 0.15) is 11.1 Å². The number of thiol groups is 1. The van der Waals surface area contributed by atoms with Crippen molar-refractivity contribution < 1.29 is 10.2 Å². The van der Waals surface area contributed by atoms with E-state index in [1.165, 1.54) is 6.07 Å². The lowest BCUT2D eigenvalue weighted by Gasteiger charge is -2.05. The zero-order valence-corrected chi connectivity index (χ0v) is 17.3. The van der Waals surface area contributed by atoms with Gasteiger partial charge in [0.1, 0.15) is 17.2 Å². The molecule has 0 aliphatic carbocycles. The number of anilines is 1. The Morgan fingerprint density at radius 2 is 1.35 bits per heavy atom. The van der Waals surface area contributed by atoms with E-state index in [1.807, 2.05) is 59.5 Å². The first kappa shape index (κ1) is 20.2. The molecule has 3 aromatic rings.